The highest BCUT2D eigenvalue weighted by atomic mass is 35.5. The SMILES string of the molecule is CCOC1CC(Nc2cc(C#N)cc(Cl)n2)C1. The summed E-state index contributed by atoms with van der Waals surface area (Å²) in [5.41, 5.74) is 0.521. The fourth-order valence-electron chi connectivity index (χ4n) is 1.90. The van der Waals surface area contributed by atoms with E-state index in [-0.39, 0.29) is 0 Å². The number of anilines is 1. The van der Waals surface area contributed by atoms with Crippen molar-refractivity contribution in [2.75, 3.05) is 11.9 Å². The molecule has 5 heteroatoms. The summed E-state index contributed by atoms with van der Waals surface area (Å²) in [6.07, 6.45) is 2.31. The van der Waals surface area contributed by atoms with Gasteiger partial charge in [0.05, 0.1) is 17.7 Å². The van der Waals surface area contributed by atoms with Crippen molar-refractivity contribution >= 4 is 17.4 Å². The van der Waals surface area contributed by atoms with E-state index in [1.165, 1.54) is 0 Å². The molecule has 1 N–H and O–H groups in total. The molecule has 0 amide bonds. The molecule has 1 fully saturated rings. The summed E-state index contributed by atoms with van der Waals surface area (Å²) in [5.74, 6) is 0.661. The van der Waals surface area contributed by atoms with Crippen LogP contribution < -0.4 is 5.32 Å². The summed E-state index contributed by atoms with van der Waals surface area (Å²) in [6, 6.07) is 5.68. The molecule has 1 saturated carbocycles. The monoisotopic (exact) mass is 251 g/mol. The molecule has 1 aromatic heterocycles. The van der Waals surface area contributed by atoms with E-state index in [1.54, 1.807) is 12.1 Å². The van der Waals surface area contributed by atoms with Gasteiger partial charge in [-0.25, -0.2) is 4.98 Å². The number of rotatable bonds is 4. The fourth-order valence-corrected chi connectivity index (χ4v) is 2.11. The minimum absolute atomic E-state index is 0.340. The number of pyridine rings is 1. The number of nitrogens with one attached hydrogen (secondary N) is 1. The third-order valence-corrected chi connectivity index (χ3v) is 2.97. The Bertz CT molecular complexity index is 438. The summed E-state index contributed by atoms with van der Waals surface area (Å²) in [7, 11) is 0. The van der Waals surface area contributed by atoms with Crippen molar-refractivity contribution in [2.45, 2.75) is 31.9 Å². The lowest BCUT2D eigenvalue weighted by atomic mass is 9.89. The average molecular weight is 252 g/mol. The van der Waals surface area contributed by atoms with Gasteiger partial charge in [-0.2, -0.15) is 5.26 Å². The van der Waals surface area contributed by atoms with E-state index in [0.29, 0.717) is 28.7 Å². The molecule has 1 heterocycles. The van der Waals surface area contributed by atoms with Crippen LogP contribution in [0, 0.1) is 11.3 Å². The fraction of sp³-hybridized carbons (Fsp3) is 0.500. The van der Waals surface area contributed by atoms with Crippen LogP contribution in [0.4, 0.5) is 5.82 Å². The predicted molar refractivity (Wildman–Crippen MR) is 66.0 cm³/mol. The maximum Gasteiger partial charge on any atom is 0.132 e. The minimum Gasteiger partial charge on any atom is -0.378 e. The molecule has 0 radical (unpaired) electrons. The van der Waals surface area contributed by atoms with Gasteiger partial charge in [0, 0.05) is 12.6 Å². The molecule has 4 nitrogen and oxygen atoms in total. The minimum atomic E-state index is 0.340. The Labute approximate surface area is 106 Å². The zero-order chi connectivity index (χ0) is 12.3. The van der Waals surface area contributed by atoms with E-state index in [0.717, 1.165) is 19.4 Å². The van der Waals surface area contributed by atoms with Crippen molar-refractivity contribution in [3.05, 3.63) is 22.8 Å². The molecule has 1 aliphatic rings. The van der Waals surface area contributed by atoms with Crippen LogP contribution in [0.5, 0.6) is 0 Å². The topological polar surface area (TPSA) is 57.9 Å². The Hall–Kier alpha value is -1.31. The van der Waals surface area contributed by atoms with Crippen molar-refractivity contribution in [2.24, 2.45) is 0 Å². The van der Waals surface area contributed by atoms with Gasteiger partial charge in [0.1, 0.15) is 11.0 Å². The van der Waals surface area contributed by atoms with Crippen LogP contribution in [-0.4, -0.2) is 23.7 Å². The summed E-state index contributed by atoms with van der Waals surface area (Å²) < 4.78 is 5.48. The molecule has 0 atom stereocenters. The van der Waals surface area contributed by atoms with Crippen LogP contribution in [-0.2, 0) is 4.74 Å². The quantitative estimate of drug-likeness (QED) is 0.836. The first-order chi connectivity index (χ1) is 8.21. The van der Waals surface area contributed by atoms with Crippen LogP contribution in [0.2, 0.25) is 5.15 Å². The van der Waals surface area contributed by atoms with Gasteiger partial charge in [-0.15, -0.1) is 0 Å². The highest BCUT2D eigenvalue weighted by Gasteiger charge is 2.29. The van der Waals surface area contributed by atoms with Gasteiger partial charge in [-0.3, -0.25) is 0 Å². The van der Waals surface area contributed by atoms with Crippen molar-refractivity contribution < 1.29 is 4.74 Å². The number of halogens is 1. The van der Waals surface area contributed by atoms with Gasteiger partial charge in [-0.1, -0.05) is 11.6 Å². The van der Waals surface area contributed by atoms with Gasteiger partial charge in [0.25, 0.3) is 0 Å². The Balaban J connectivity index is 1.92. The van der Waals surface area contributed by atoms with E-state index in [2.05, 4.69) is 16.4 Å². The van der Waals surface area contributed by atoms with Crippen LogP contribution in [0.25, 0.3) is 0 Å². The molecule has 0 saturated heterocycles. The van der Waals surface area contributed by atoms with Crippen molar-refractivity contribution in [1.82, 2.24) is 4.98 Å². The van der Waals surface area contributed by atoms with Gasteiger partial charge < -0.3 is 10.1 Å². The van der Waals surface area contributed by atoms with Crippen molar-refractivity contribution in [3.63, 3.8) is 0 Å². The Morgan fingerprint density at radius 3 is 3.00 bits per heavy atom. The molecule has 0 aromatic carbocycles. The van der Waals surface area contributed by atoms with Crippen LogP contribution in [0.15, 0.2) is 12.1 Å². The average Bonchev–Trinajstić information content (AvgIpc) is 2.25. The Morgan fingerprint density at radius 2 is 2.35 bits per heavy atom. The maximum atomic E-state index is 8.82. The van der Waals surface area contributed by atoms with Crippen molar-refractivity contribution in [3.8, 4) is 6.07 Å². The third-order valence-electron chi connectivity index (χ3n) is 2.77. The molecule has 0 aliphatic heterocycles. The van der Waals surface area contributed by atoms with Crippen molar-refractivity contribution in [1.29, 1.82) is 5.26 Å². The second-order valence-electron chi connectivity index (χ2n) is 4.07. The molecule has 1 aromatic rings. The van der Waals surface area contributed by atoms with Gasteiger partial charge in [-0.05, 0) is 31.9 Å². The van der Waals surface area contributed by atoms with Gasteiger partial charge in [0.15, 0.2) is 0 Å². The van der Waals surface area contributed by atoms with Crippen LogP contribution in [0.1, 0.15) is 25.3 Å². The largest absolute Gasteiger partial charge is 0.378 e. The highest BCUT2D eigenvalue weighted by molar-refractivity contribution is 6.29. The molecule has 0 unspecified atom stereocenters. The zero-order valence-corrected chi connectivity index (χ0v) is 10.4. The summed E-state index contributed by atoms with van der Waals surface area (Å²) >= 11 is 5.82. The highest BCUT2D eigenvalue weighted by Crippen LogP contribution is 2.26. The second-order valence-corrected chi connectivity index (χ2v) is 4.45. The molecule has 1 aliphatic carbocycles. The van der Waals surface area contributed by atoms with E-state index >= 15 is 0 Å². The first-order valence-electron chi connectivity index (χ1n) is 5.67. The Kier molecular flexibility index (Phi) is 3.82. The summed E-state index contributed by atoms with van der Waals surface area (Å²) in [4.78, 5) is 4.14. The molecular formula is C12H14ClN3O. The maximum absolute atomic E-state index is 8.82. The van der Waals surface area contributed by atoms with E-state index in [1.807, 2.05) is 6.92 Å². The number of hydrogen-bond donors (Lipinski definition) is 1. The predicted octanol–water partition coefficient (Wildman–Crippen LogP) is 2.59. The normalized spacial score (nSPS) is 22.6. The summed E-state index contributed by atoms with van der Waals surface area (Å²) in [5, 5.41) is 12.4. The molecule has 2 rings (SSSR count). The zero-order valence-electron chi connectivity index (χ0n) is 9.61. The standard InChI is InChI=1S/C12H14ClN3O/c1-2-17-10-5-9(6-10)15-12-4-8(7-14)3-11(13)16-12/h3-4,9-10H,2,5-6H2,1H3,(H,15,16). The first-order valence-corrected chi connectivity index (χ1v) is 6.05. The lowest BCUT2D eigenvalue weighted by Gasteiger charge is -2.35. The van der Waals surface area contributed by atoms with E-state index in [4.69, 9.17) is 21.6 Å². The number of ether oxygens (including phenoxy) is 1. The number of hydrogen-bond acceptors (Lipinski definition) is 4. The molecule has 0 spiro atoms. The molecule has 17 heavy (non-hydrogen) atoms. The van der Waals surface area contributed by atoms with Crippen LogP contribution >= 0.6 is 11.6 Å². The van der Waals surface area contributed by atoms with Gasteiger partial charge >= 0.3 is 0 Å². The van der Waals surface area contributed by atoms with Crippen LogP contribution in [0.3, 0.4) is 0 Å². The Morgan fingerprint density at radius 1 is 1.59 bits per heavy atom. The number of nitriles is 1. The third kappa shape index (κ3) is 3.09. The second kappa shape index (κ2) is 5.35. The summed E-state index contributed by atoms with van der Waals surface area (Å²) in [6.45, 7) is 2.75. The van der Waals surface area contributed by atoms with E-state index in [9.17, 15) is 0 Å². The molecule has 0 bridgehead atoms. The molecule has 90 valence electrons. The number of nitrogens with zero attached hydrogens (tertiary/aromatic N) is 2. The van der Waals surface area contributed by atoms with Gasteiger partial charge in [0.2, 0.25) is 0 Å². The smallest absolute Gasteiger partial charge is 0.132 e. The lowest BCUT2D eigenvalue weighted by Crippen LogP contribution is -2.41. The first kappa shape index (κ1) is 12.2. The van der Waals surface area contributed by atoms with E-state index < -0.39 is 0 Å². The number of aromatic nitrogens is 1. The molecular weight excluding hydrogens is 238 g/mol. The lowest BCUT2D eigenvalue weighted by molar-refractivity contribution is 0.00293.